The molecule has 2 aliphatic rings. The van der Waals surface area contributed by atoms with Gasteiger partial charge in [0.15, 0.2) is 0 Å². The minimum Gasteiger partial charge on any atom is -0.462 e. The highest BCUT2D eigenvalue weighted by atomic mass is 16.5. The van der Waals surface area contributed by atoms with E-state index in [1.807, 2.05) is 6.92 Å². The van der Waals surface area contributed by atoms with Crippen LogP contribution in [0.5, 0.6) is 0 Å². The van der Waals surface area contributed by atoms with Crippen molar-refractivity contribution in [2.75, 3.05) is 19.7 Å². The van der Waals surface area contributed by atoms with Crippen molar-refractivity contribution < 1.29 is 14.6 Å². The van der Waals surface area contributed by atoms with Crippen LogP contribution < -0.4 is 0 Å². The van der Waals surface area contributed by atoms with Gasteiger partial charge in [-0.05, 0) is 33.2 Å². The van der Waals surface area contributed by atoms with E-state index in [4.69, 9.17) is 4.74 Å². The molecule has 0 aromatic heterocycles. The second kappa shape index (κ2) is 5.19. The third-order valence-corrected chi connectivity index (χ3v) is 3.98. The van der Waals surface area contributed by atoms with Gasteiger partial charge < -0.3 is 9.84 Å². The molecule has 2 heterocycles. The van der Waals surface area contributed by atoms with E-state index < -0.39 is 0 Å². The van der Waals surface area contributed by atoms with Crippen molar-refractivity contribution in [3.8, 4) is 0 Å². The molecule has 2 aliphatic heterocycles. The lowest BCUT2D eigenvalue weighted by Crippen LogP contribution is -2.36. The molecule has 96 valence electrons. The summed E-state index contributed by atoms with van der Waals surface area (Å²) in [7, 11) is 0. The predicted octanol–water partition coefficient (Wildman–Crippen LogP) is 0.951. The van der Waals surface area contributed by atoms with Crippen LogP contribution in [0.1, 0.15) is 26.7 Å². The van der Waals surface area contributed by atoms with E-state index in [0.29, 0.717) is 18.1 Å². The van der Waals surface area contributed by atoms with Crippen molar-refractivity contribution in [3.63, 3.8) is 0 Å². The number of fused-ring (bicyclic) bond motifs is 1. The number of aliphatic hydroxyl groups is 1. The Labute approximate surface area is 102 Å². The first-order valence-corrected chi connectivity index (χ1v) is 6.35. The van der Waals surface area contributed by atoms with Crippen LogP contribution in [0.2, 0.25) is 0 Å². The lowest BCUT2D eigenvalue weighted by molar-refractivity contribution is -0.140. The summed E-state index contributed by atoms with van der Waals surface area (Å²) < 4.78 is 5.29. The molecule has 4 nitrogen and oxygen atoms in total. The van der Waals surface area contributed by atoms with Crippen molar-refractivity contribution in [1.29, 1.82) is 0 Å². The SMILES string of the molecule is C/C=C(/C)C(=O)OC[C@H]1CCN2CC[C@H](O)[C@@H]12. The number of carbonyl (C=O) groups is 1. The molecule has 0 aliphatic carbocycles. The van der Waals surface area contributed by atoms with Gasteiger partial charge in [-0.1, -0.05) is 6.08 Å². The van der Waals surface area contributed by atoms with E-state index in [9.17, 15) is 9.90 Å². The fourth-order valence-corrected chi connectivity index (χ4v) is 2.83. The molecule has 3 atom stereocenters. The van der Waals surface area contributed by atoms with Gasteiger partial charge in [0.2, 0.25) is 0 Å². The van der Waals surface area contributed by atoms with Gasteiger partial charge in [0.1, 0.15) is 0 Å². The van der Waals surface area contributed by atoms with Crippen LogP contribution in [0.4, 0.5) is 0 Å². The van der Waals surface area contributed by atoms with Crippen molar-refractivity contribution in [2.24, 2.45) is 5.92 Å². The highest BCUT2D eigenvalue weighted by Gasteiger charge is 2.43. The molecule has 0 aromatic carbocycles. The fraction of sp³-hybridized carbons (Fsp3) is 0.769. The third-order valence-electron chi connectivity index (χ3n) is 3.98. The number of allylic oxidation sites excluding steroid dienone is 1. The fourth-order valence-electron chi connectivity index (χ4n) is 2.83. The summed E-state index contributed by atoms with van der Waals surface area (Å²) in [6, 6.07) is 0.203. The first-order chi connectivity index (χ1) is 8.13. The Balaban J connectivity index is 1.86. The zero-order chi connectivity index (χ0) is 12.4. The zero-order valence-electron chi connectivity index (χ0n) is 10.6. The molecular weight excluding hydrogens is 218 g/mol. The Morgan fingerprint density at radius 3 is 2.88 bits per heavy atom. The normalized spacial score (nSPS) is 33.8. The minimum absolute atomic E-state index is 0.203. The Morgan fingerprint density at radius 2 is 2.18 bits per heavy atom. The number of hydrogen-bond acceptors (Lipinski definition) is 4. The quantitative estimate of drug-likeness (QED) is 0.588. The maximum Gasteiger partial charge on any atom is 0.333 e. The second-order valence-electron chi connectivity index (χ2n) is 5.00. The van der Waals surface area contributed by atoms with Gasteiger partial charge in [-0.3, -0.25) is 4.90 Å². The van der Waals surface area contributed by atoms with Crippen LogP contribution in [-0.2, 0) is 9.53 Å². The molecule has 1 N–H and O–H groups in total. The molecule has 0 unspecified atom stereocenters. The number of carbonyl (C=O) groups excluding carboxylic acids is 1. The van der Waals surface area contributed by atoms with Gasteiger partial charge in [-0.15, -0.1) is 0 Å². The average Bonchev–Trinajstić information content (AvgIpc) is 2.89. The van der Waals surface area contributed by atoms with E-state index in [0.717, 1.165) is 25.9 Å². The Hall–Kier alpha value is -0.870. The van der Waals surface area contributed by atoms with Crippen molar-refractivity contribution in [2.45, 2.75) is 38.8 Å². The van der Waals surface area contributed by atoms with Gasteiger partial charge in [0.05, 0.1) is 12.7 Å². The number of rotatable bonds is 3. The highest BCUT2D eigenvalue weighted by Crippen LogP contribution is 2.33. The van der Waals surface area contributed by atoms with Crippen LogP contribution in [0, 0.1) is 5.92 Å². The van der Waals surface area contributed by atoms with Crippen LogP contribution in [-0.4, -0.2) is 47.8 Å². The molecule has 4 heteroatoms. The van der Waals surface area contributed by atoms with Gasteiger partial charge in [0, 0.05) is 24.1 Å². The van der Waals surface area contributed by atoms with Crippen LogP contribution in [0.3, 0.4) is 0 Å². The van der Waals surface area contributed by atoms with Crippen molar-refractivity contribution in [1.82, 2.24) is 4.90 Å². The molecule has 0 radical (unpaired) electrons. The zero-order valence-corrected chi connectivity index (χ0v) is 10.6. The summed E-state index contributed by atoms with van der Waals surface area (Å²) in [5, 5.41) is 9.90. The molecule has 17 heavy (non-hydrogen) atoms. The highest BCUT2D eigenvalue weighted by molar-refractivity contribution is 5.87. The maximum atomic E-state index is 11.5. The summed E-state index contributed by atoms with van der Waals surface area (Å²) in [5.74, 6) is 0.0551. The maximum absolute atomic E-state index is 11.5. The standard InChI is InChI=1S/C13H21NO3/c1-3-9(2)13(16)17-8-10-4-6-14-7-5-11(15)12(10)14/h3,10-12,15H,4-8H2,1-2H3/b9-3-/t10-,11+,12-/m1/s1. The Kier molecular flexibility index (Phi) is 3.84. The smallest absolute Gasteiger partial charge is 0.333 e. The topological polar surface area (TPSA) is 49.8 Å². The van der Waals surface area contributed by atoms with Crippen LogP contribution in [0.25, 0.3) is 0 Å². The van der Waals surface area contributed by atoms with Gasteiger partial charge in [0.25, 0.3) is 0 Å². The number of ether oxygens (including phenoxy) is 1. The van der Waals surface area contributed by atoms with Gasteiger partial charge in [-0.2, -0.15) is 0 Å². The second-order valence-corrected chi connectivity index (χ2v) is 5.00. The van der Waals surface area contributed by atoms with E-state index in [2.05, 4.69) is 4.90 Å². The van der Waals surface area contributed by atoms with E-state index in [1.54, 1.807) is 13.0 Å². The summed E-state index contributed by atoms with van der Waals surface area (Å²) in [6.07, 6.45) is 3.38. The minimum atomic E-state index is -0.246. The van der Waals surface area contributed by atoms with E-state index in [1.165, 1.54) is 0 Å². The predicted molar refractivity (Wildman–Crippen MR) is 64.5 cm³/mol. The van der Waals surface area contributed by atoms with Crippen molar-refractivity contribution in [3.05, 3.63) is 11.6 Å². The summed E-state index contributed by atoms with van der Waals surface area (Å²) in [6.45, 7) is 6.02. The molecule has 0 spiro atoms. The monoisotopic (exact) mass is 239 g/mol. The lowest BCUT2D eigenvalue weighted by atomic mass is 9.97. The molecule has 2 fully saturated rings. The van der Waals surface area contributed by atoms with Gasteiger partial charge in [-0.25, -0.2) is 4.79 Å². The van der Waals surface area contributed by atoms with Gasteiger partial charge >= 0.3 is 5.97 Å². The average molecular weight is 239 g/mol. The molecule has 2 rings (SSSR count). The number of hydrogen-bond donors (Lipinski definition) is 1. The summed E-state index contributed by atoms with van der Waals surface area (Å²) in [5.41, 5.74) is 0.645. The molecule has 0 bridgehead atoms. The Bertz CT molecular complexity index is 327. The van der Waals surface area contributed by atoms with E-state index >= 15 is 0 Å². The third kappa shape index (κ3) is 2.53. The van der Waals surface area contributed by atoms with Crippen molar-refractivity contribution >= 4 is 5.97 Å². The summed E-state index contributed by atoms with van der Waals surface area (Å²) >= 11 is 0. The molecular formula is C13H21NO3. The number of aliphatic hydroxyl groups excluding tert-OH is 1. The molecule has 0 amide bonds. The molecule has 2 saturated heterocycles. The van der Waals surface area contributed by atoms with E-state index in [-0.39, 0.29) is 18.1 Å². The number of nitrogens with zero attached hydrogens (tertiary/aromatic N) is 1. The molecule has 0 saturated carbocycles. The lowest BCUT2D eigenvalue weighted by Gasteiger charge is -2.22. The van der Waals surface area contributed by atoms with Crippen LogP contribution in [0.15, 0.2) is 11.6 Å². The molecule has 0 aromatic rings. The Morgan fingerprint density at radius 1 is 1.47 bits per heavy atom. The largest absolute Gasteiger partial charge is 0.462 e. The first kappa shape index (κ1) is 12.6. The summed E-state index contributed by atoms with van der Waals surface area (Å²) in [4.78, 5) is 13.8. The van der Waals surface area contributed by atoms with Crippen LogP contribution >= 0.6 is 0 Å². The first-order valence-electron chi connectivity index (χ1n) is 6.35. The number of esters is 1.